The normalized spacial score (nSPS) is 13.3. The third kappa shape index (κ3) is 3.52. The topological polar surface area (TPSA) is 42.7 Å². The van der Waals surface area contributed by atoms with Gasteiger partial charge < -0.3 is 5.32 Å². The molecule has 1 atom stereocenters. The molecule has 0 saturated heterocycles. The van der Waals surface area contributed by atoms with Gasteiger partial charge in [0.05, 0.1) is 11.7 Å². The SMILES string of the molecule is CCCC(CCC)C(NC)c1c(Br)nnn1C. The van der Waals surface area contributed by atoms with Crippen LogP contribution >= 0.6 is 15.9 Å². The summed E-state index contributed by atoms with van der Waals surface area (Å²) in [5.41, 5.74) is 1.15. The van der Waals surface area contributed by atoms with Gasteiger partial charge in [-0.05, 0) is 41.7 Å². The molecule has 17 heavy (non-hydrogen) atoms. The van der Waals surface area contributed by atoms with Crippen molar-refractivity contribution in [3.8, 4) is 0 Å². The van der Waals surface area contributed by atoms with E-state index in [9.17, 15) is 0 Å². The summed E-state index contributed by atoms with van der Waals surface area (Å²) >= 11 is 3.49. The molecule has 1 rings (SSSR count). The Balaban J connectivity index is 2.95. The predicted octanol–water partition coefficient (Wildman–Crippen LogP) is 3.05. The average molecular weight is 303 g/mol. The minimum Gasteiger partial charge on any atom is -0.311 e. The van der Waals surface area contributed by atoms with Gasteiger partial charge in [0.15, 0.2) is 4.60 Å². The highest BCUT2D eigenvalue weighted by molar-refractivity contribution is 9.10. The Kier molecular flexibility index (Phi) is 6.12. The van der Waals surface area contributed by atoms with Gasteiger partial charge in [0.1, 0.15) is 0 Å². The number of hydrogen-bond donors (Lipinski definition) is 1. The molecule has 1 aromatic heterocycles. The van der Waals surface area contributed by atoms with Gasteiger partial charge in [0, 0.05) is 7.05 Å². The number of nitrogens with zero attached hydrogens (tertiary/aromatic N) is 3. The van der Waals surface area contributed by atoms with Crippen LogP contribution in [0.2, 0.25) is 0 Å². The van der Waals surface area contributed by atoms with Gasteiger partial charge >= 0.3 is 0 Å². The van der Waals surface area contributed by atoms with Gasteiger partial charge in [0.2, 0.25) is 0 Å². The van der Waals surface area contributed by atoms with Gasteiger partial charge in [-0.25, -0.2) is 4.68 Å². The van der Waals surface area contributed by atoms with Crippen molar-refractivity contribution in [2.24, 2.45) is 13.0 Å². The van der Waals surface area contributed by atoms with Crippen LogP contribution in [0.25, 0.3) is 0 Å². The molecule has 0 aliphatic carbocycles. The van der Waals surface area contributed by atoms with Crippen LogP contribution in [0.15, 0.2) is 4.60 Å². The fourth-order valence-corrected chi connectivity index (χ4v) is 3.06. The van der Waals surface area contributed by atoms with Crippen molar-refractivity contribution in [1.29, 1.82) is 0 Å². The molecule has 1 aromatic rings. The van der Waals surface area contributed by atoms with Gasteiger partial charge in [-0.15, -0.1) is 5.10 Å². The highest BCUT2D eigenvalue weighted by Gasteiger charge is 2.26. The van der Waals surface area contributed by atoms with E-state index in [2.05, 4.69) is 45.4 Å². The van der Waals surface area contributed by atoms with E-state index in [-0.39, 0.29) is 0 Å². The third-order valence-corrected chi connectivity index (χ3v) is 3.79. The van der Waals surface area contributed by atoms with Crippen molar-refractivity contribution < 1.29 is 0 Å². The standard InChI is InChI=1S/C12H23BrN4/c1-5-7-9(8-6-2)10(14-3)11-12(13)15-16-17(11)4/h9-10,14H,5-8H2,1-4H3. The molecule has 0 aromatic carbocycles. The fraction of sp³-hybridized carbons (Fsp3) is 0.833. The second-order valence-corrected chi connectivity index (χ2v) is 5.24. The monoisotopic (exact) mass is 302 g/mol. The molecule has 0 fully saturated rings. The van der Waals surface area contributed by atoms with Crippen LogP contribution in [0, 0.1) is 5.92 Å². The van der Waals surface area contributed by atoms with E-state index in [1.165, 1.54) is 25.7 Å². The lowest BCUT2D eigenvalue weighted by Crippen LogP contribution is -2.27. The predicted molar refractivity (Wildman–Crippen MR) is 73.8 cm³/mol. The number of hydrogen-bond acceptors (Lipinski definition) is 3. The fourth-order valence-electron chi connectivity index (χ4n) is 2.48. The maximum absolute atomic E-state index is 4.08. The first-order valence-corrected chi connectivity index (χ1v) is 7.17. The van der Waals surface area contributed by atoms with Crippen LogP contribution in [0.3, 0.4) is 0 Å². The molecule has 1 heterocycles. The van der Waals surface area contributed by atoms with E-state index in [1.807, 2.05) is 18.8 Å². The van der Waals surface area contributed by atoms with E-state index in [4.69, 9.17) is 0 Å². The van der Waals surface area contributed by atoms with Crippen molar-refractivity contribution >= 4 is 15.9 Å². The Bertz CT molecular complexity index is 312. The van der Waals surface area contributed by atoms with Crippen LogP contribution in [-0.4, -0.2) is 22.0 Å². The van der Waals surface area contributed by atoms with Gasteiger partial charge in [-0.1, -0.05) is 31.9 Å². The van der Waals surface area contributed by atoms with E-state index in [0.29, 0.717) is 12.0 Å². The molecule has 4 nitrogen and oxygen atoms in total. The van der Waals surface area contributed by atoms with Crippen LogP contribution in [0.1, 0.15) is 51.3 Å². The first-order chi connectivity index (χ1) is 8.15. The number of rotatable bonds is 7. The lowest BCUT2D eigenvalue weighted by Gasteiger charge is -2.26. The molecule has 0 bridgehead atoms. The maximum Gasteiger partial charge on any atom is 0.153 e. The lowest BCUT2D eigenvalue weighted by atomic mass is 9.89. The van der Waals surface area contributed by atoms with Crippen molar-refractivity contribution in [3.63, 3.8) is 0 Å². The summed E-state index contributed by atoms with van der Waals surface area (Å²) in [7, 11) is 3.97. The van der Waals surface area contributed by atoms with Crippen molar-refractivity contribution in [2.45, 2.75) is 45.6 Å². The van der Waals surface area contributed by atoms with E-state index < -0.39 is 0 Å². The molecular formula is C12H23BrN4. The summed E-state index contributed by atoms with van der Waals surface area (Å²) in [6.07, 6.45) is 4.89. The van der Waals surface area contributed by atoms with Crippen LogP contribution < -0.4 is 5.32 Å². The number of nitrogens with one attached hydrogen (secondary N) is 1. The molecule has 5 heteroatoms. The molecule has 1 N–H and O–H groups in total. The summed E-state index contributed by atoms with van der Waals surface area (Å²) in [5.74, 6) is 0.642. The molecular weight excluding hydrogens is 280 g/mol. The summed E-state index contributed by atoms with van der Waals surface area (Å²) < 4.78 is 2.72. The van der Waals surface area contributed by atoms with E-state index >= 15 is 0 Å². The Morgan fingerprint density at radius 1 is 1.29 bits per heavy atom. The smallest absolute Gasteiger partial charge is 0.153 e. The minimum atomic E-state index is 0.323. The van der Waals surface area contributed by atoms with Gasteiger partial charge in [-0.3, -0.25) is 0 Å². The Morgan fingerprint density at radius 2 is 1.88 bits per heavy atom. The van der Waals surface area contributed by atoms with E-state index in [0.717, 1.165) is 10.3 Å². The van der Waals surface area contributed by atoms with Gasteiger partial charge in [-0.2, -0.15) is 0 Å². The molecule has 0 spiro atoms. The zero-order valence-corrected chi connectivity index (χ0v) is 12.8. The highest BCUT2D eigenvalue weighted by atomic mass is 79.9. The lowest BCUT2D eigenvalue weighted by molar-refractivity contribution is 0.317. The average Bonchev–Trinajstić information content (AvgIpc) is 2.62. The molecule has 98 valence electrons. The quantitative estimate of drug-likeness (QED) is 0.842. The summed E-state index contributed by atoms with van der Waals surface area (Å²) in [6, 6.07) is 0.323. The maximum atomic E-state index is 4.08. The Morgan fingerprint density at radius 3 is 2.24 bits per heavy atom. The van der Waals surface area contributed by atoms with Crippen molar-refractivity contribution in [1.82, 2.24) is 20.3 Å². The molecule has 0 saturated carbocycles. The molecule has 0 amide bonds. The van der Waals surface area contributed by atoms with Gasteiger partial charge in [0.25, 0.3) is 0 Å². The van der Waals surface area contributed by atoms with Crippen molar-refractivity contribution in [3.05, 3.63) is 10.3 Å². The number of aromatic nitrogens is 3. The molecule has 1 unspecified atom stereocenters. The van der Waals surface area contributed by atoms with Crippen LogP contribution in [0.5, 0.6) is 0 Å². The second-order valence-electron chi connectivity index (χ2n) is 4.49. The largest absolute Gasteiger partial charge is 0.311 e. The number of halogens is 1. The Labute approximate surface area is 112 Å². The zero-order valence-electron chi connectivity index (χ0n) is 11.2. The summed E-state index contributed by atoms with van der Waals surface area (Å²) in [5, 5.41) is 11.6. The first-order valence-electron chi connectivity index (χ1n) is 6.37. The zero-order chi connectivity index (χ0) is 12.8. The summed E-state index contributed by atoms with van der Waals surface area (Å²) in [4.78, 5) is 0. The van der Waals surface area contributed by atoms with Crippen LogP contribution in [-0.2, 0) is 7.05 Å². The molecule has 0 aliphatic rings. The minimum absolute atomic E-state index is 0.323. The van der Waals surface area contributed by atoms with Crippen LogP contribution in [0.4, 0.5) is 0 Å². The van der Waals surface area contributed by atoms with Crippen molar-refractivity contribution in [2.75, 3.05) is 7.05 Å². The summed E-state index contributed by atoms with van der Waals surface area (Å²) in [6.45, 7) is 4.48. The Hall–Kier alpha value is -0.420. The highest BCUT2D eigenvalue weighted by Crippen LogP contribution is 2.32. The molecule has 0 aliphatic heterocycles. The molecule has 0 radical (unpaired) electrons. The van der Waals surface area contributed by atoms with E-state index in [1.54, 1.807) is 0 Å². The first kappa shape index (κ1) is 14.6. The third-order valence-electron chi connectivity index (χ3n) is 3.22. The number of aryl methyl sites for hydroxylation is 1. The second kappa shape index (κ2) is 7.11.